The van der Waals surface area contributed by atoms with E-state index in [1.54, 1.807) is 0 Å². The van der Waals surface area contributed by atoms with Crippen LogP contribution in [0.2, 0.25) is 0 Å². The zero-order chi connectivity index (χ0) is 14.0. The minimum Gasteiger partial charge on any atom is -0.396 e. The number of nitriles is 1. The second-order valence-corrected chi connectivity index (χ2v) is 3.24. The van der Waals surface area contributed by atoms with Crippen molar-refractivity contribution in [3.8, 4) is 6.26 Å². The second-order valence-electron chi connectivity index (χ2n) is 3.24. The number of benzene rings is 1. The van der Waals surface area contributed by atoms with Gasteiger partial charge in [0.05, 0.1) is 0 Å². The van der Waals surface area contributed by atoms with Gasteiger partial charge in [0.25, 0.3) is 6.26 Å². The molecule has 0 aliphatic carbocycles. The van der Waals surface area contributed by atoms with Crippen LogP contribution in [0.25, 0.3) is 0 Å². The zero-order valence-electron chi connectivity index (χ0n) is 8.51. The lowest BCUT2D eigenvalue weighted by Gasteiger charge is -2.34. The Morgan fingerprint density at radius 3 is 1.67 bits per heavy atom. The summed E-state index contributed by atoms with van der Waals surface area (Å²) in [6.07, 6.45) is -11.2. The average molecular weight is 269 g/mol. The Balaban J connectivity index is 3.57. The highest BCUT2D eigenvalue weighted by Gasteiger charge is 2.75. The summed E-state index contributed by atoms with van der Waals surface area (Å²) in [5.74, 6) is 0. The van der Waals surface area contributed by atoms with E-state index in [2.05, 4.69) is 4.74 Å². The fourth-order valence-corrected chi connectivity index (χ4v) is 1.40. The highest BCUT2D eigenvalue weighted by Crippen LogP contribution is 2.52. The first kappa shape index (κ1) is 14.2. The SMILES string of the molecule is N#COC(c1ccccc1)(C(F)(F)F)C(F)(F)F. The predicted molar refractivity (Wildman–Crippen MR) is 46.9 cm³/mol. The summed E-state index contributed by atoms with van der Waals surface area (Å²) in [5, 5.41) is 8.12. The normalized spacial score (nSPS) is 12.9. The monoisotopic (exact) mass is 269 g/mol. The van der Waals surface area contributed by atoms with Crippen molar-refractivity contribution in [2.45, 2.75) is 18.0 Å². The number of ether oxygens (including phenoxy) is 1. The van der Waals surface area contributed by atoms with Crippen molar-refractivity contribution >= 4 is 0 Å². The molecule has 8 heteroatoms. The van der Waals surface area contributed by atoms with Gasteiger partial charge in [-0.15, -0.1) is 0 Å². The van der Waals surface area contributed by atoms with Crippen LogP contribution in [0.1, 0.15) is 5.56 Å². The van der Waals surface area contributed by atoms with E-state index in [-0.39, 0.29) is 0 Å². The van der Waals surface area contributed by atoms with Gasteiger partial charge in [-0.25, -0.2) is 0 Å². The van der Waals surface area contributed by atoms with Crippen LogP contribution >= 0.6 is 0 Å². The van der Waals surface area contributed by atoms with Crippen molar-refractivity contribution in [1.29, 1.82) is 5.26 Å². The first-order valence-corrected chi connectivity index (χ1v) is 4.43. The highest BCUT2D eigenvalue weighted by molar-refractivity contribution is 5.27. The Labute approximate surface area is 97.4 Å². The molecule has 18 heavy (non-hydrogen) atoms. The van der Waals surface area contributed by atoms with Crippen molar-refractivity contribution in [3.05, 3.63) is 35.9 Å². The maximum atomic E-state index is 12.7. The molecule has 98 valence electrons. The van der Waals surface area contributed by atoms with E-state index >= 15 is 0 Å². The molecule has 1 aromatic carbocycles. The molecule has 0 spiro atoms. The van der Waals surface area contributed by atoms with Crippen LogP contribution in [0, 0.1) is 11.5 Å². The molecule has 0 radical (unpaired) electrons. The van der Waals surface area contributed by atoms with Gasteiger partial charge in [0.1, 0.15) is 0 Å². The highest BCUT2D eigenvalue weighted by atomic mass is 19.4. The maximum absolute atomic E-state index is 12.7. The molecule has 0 N–H and O–H groups in total. The molecule has 0 saturated heterocycles. The van der Waals surface area contributed by atoms with Gasteiger partial charge >= 0.3 is 18.0 Å². The van der Waals surface area contributed by atoms with Gasteiger partial charge in [0.15, 0.2) is 0 Å². The summed E-state index contributed by atoms with van der Waals surface area (Å²) in [5.41, 5.74) is -5.85. The van der Waals surface area contributed by atoms with E-state index in [4.69, 9.17) is 5.26 Å². The summed E-state index contributed by atoms with van der Waals surface area (Å²) >= 11 is 0. The third-order valence-corrected chi connectivity index (χ3v) is 2.18. The minimum atomic E-state index is -5.82. The lowest BCUT2D eigenvalue weighted by Crippen LogP contribution is -2.55. The number of alkyl halides is 6. The van der Waals surface area contributed by atoms with Gasteiger partial charge in [-0.2, -0.15) is 31.6 Å². The van der Waals surface area contributed by atoms with Gasteiger partial charge in [0, 0.05) is 5.56 Å². The molecule has 0 aromatic heterocycles. The summed E-state index contributed by atoms with van der Waals surface area (Å²) in [6.45, 7) is 0. The first-order chi connectivity index (χ1) is 8.17. The average Bonchev–Trinajstić information content (AvgIpc) is 2.23. The third-order valence-electron chi connectivity index (χ3n) is 2.18. The lowest BCUT2D eigenvalue weighted by atomic mass is 9.92. The van der Waals surface area contributed by atoms with E-state index < -0.39 is 23.5 Å². The Morgan fingerprint density at radius 2 is 1.33 bits per heavy atom. The quantitative estimate of drug-likeness (QED) is 0.608. The summed E-state index contributed by atoms with van der Waals surface area (Å²) < 4.78 is 79.9. The number of hydrogen-bond donors (Lipinski definition) is 0. The topological polar surface area (TPSA) is 33.0 Å². The van der Waals surface area contributed by atoms with Crippen LogP contribution in [0.15, 0.2) is 30.3 Å². The van der Waals surface area contributed by atoms with Crippen LogP contribution in [0.5, 0.6) is 0 Å². The van der Waals surface area contributed by atoms with Crippen molar-refractivity contribution in [1.82, 2.24) is 0 Å². The molecule has 0 amide bonds. The lowest BCUT2D eigenvalue weighted by molar-refractivity contribution is -0.374. The minimum absolute atomic E-state index is 0.480. The Hall–Kier alpha value is -1.91. The molecule has 1 aromatic rings. The number of rotatable bonds is 2. The first-order valence-electron chi connectivity index (χ1n) is 4.43. The van der Waals surface area contributed by atoms with Crippen molar-refractivity contribution in [2.75, 3.05) is 0 Å². The molecule has 2 nitrogen and oxygen atoms in total. The standard InChI is InChI=1S/C10H5F6NO/c11-9(12,13)8(18-6-17,10(14,15)16)7-4-2-1-3-5-7/h1-5H. The number of halogens is 6. The van der Waals surface area contributed by atoms with Gasteiger partial charge in [0.2, 0.25) is 0 Å². The van der Waals surface area contributed by atoms with E-state index in [1.165, 1.54) is 6.07 Å². The molecular weight excluding hydrogens is 264 g/mol. The zero-order valence-corrected chi connectivity index (χ0v) is 8.51. The van der Waals surface area contributed by atoms with E-state index in [9.17, 15) is 26.3 Å². The van der Waals surface area contributed by atoms with Crippen LogP contribution < -0.4 is 0 Å². The number of hydrogen-bond acceptors (Lipinski definition) is 2. The largest absolute Gasteiger partial charge is 0.443 e. The maximum Gasteiger partial charge on any atom is 0.443 e. The van der Waals surface area contributed by atoms with E-state index in [0.29, 0.717) is 18.4 Å². The van der Waals surface area contributed by atoms with Crippen LogP contribution in [0.3, 0.4) is 0 Å². The molecule has 0 fully saturated rings. The Kier molecular flexibility index (Phi) is 3.46. The van der Waals surface area contributed by atoms with Crippen molar-refractivity contribution in [2.24, 2.45) is 0 Å². The van der Waals surface area contributed by atoms with E-state index in [1.807, 2.05) is 0 Å². The van der Waals surface area contributed by atoms with Gasteiger partial charge in [-0.3, -0.25) is 0 Å². The Morgan fingerprint density at radius 1 is 0.889 bits per heavy atom. The molecule has 0 heterocycles. The van der Waals surface area contributed by atoms with Gasteiger partial charge < -0.3 is 4.74 Å². The van der Waals surface area contributed by atoms with Crippen molar-refractivity contribution < 1.29 is 31.1 Å². The molecular formula is C10H5F6NO. The summed E-state index contributed by atoms with van der Waals surface area (Å²) in [6, 6.07) is 4.41. The molecule has 0 atom stereocenters. The predicted octanol–water partition coefficient (Wildman–Crippen LogP) is 3.50. The van der Waals surface area contributed by atoms with E-state index in [0.717, 1.165) is 12.1 Å². The molecule has 0 aliphatic heterocycles. The molecule has 1 rings (SSSR count). The Bertz CT molecular complexity index is 430. The van der Waals surface area contributed by atoms with Crippen LogP contribution in [0.4, 0.5) is 26.3 Å². The second kappa shape index (κ2) is 4.40. The smallest absolute Gasteiger partial charge is 0.396 e. The third kappa shape index (κ3) is 2.08. The molecule has 0 bridgehead atoms. The van der Waals surface area contributed by atoms with Gasteiger partial charge in [-0.05, 0) is 0 Å². The fraction of sp³-hybridized carbons (Fsp3) is 0.300. The summed E-state index contributed by atoms with van der Waals surface area (Å²) in [4.78, 5) is 0. The fourth-order valence-electron chi connectivity index (χ4n) is 1.40. The molecule has 0 unspecified atom stereocenters. The van der Waals surface area contributed by atoms with Crippen LogP contribution in [-0.4, -0.2) is 12.4 Å². The molecule has 0 saturated carbocycles. The van der Waals surface area contributed by atoms with Crippen molar-refractivity contribution in [3.63, 3.8) is 0 Å². The van der Waals surface area contributed by atoms with Crippen LogP contribution in [-0.2, 0) is 10.3 Å². The number of nitrogens with zero attached hydrogens (tertiary/aromatic N) is 1. The summed E-state index contributed by atoms with van der Waals surface area (Å²) in [7, 11) is 0. The van der Waals surface area contributed by atoms with Gasteiger partial charge in [-0.1, -0.05) is 30.3 Å². The molecule has 0 aliphatic rings.